The Morgan fingerprint density at radius 3 is 2.38 bits per heavy atom. The standard InChI is InChI=1S/C11H15NO3S/c1-3-16(14,15)9(2)11(12-13)10-7-5-4-6-8-10/h4-9,13H,3H2,1-2H3. The zero-order valence-electron chi connectivity index (χ0n) is 9.29. The van der Waals surface area contributed by atoms with E-state index in [9.17, 15) is 8.42 Å². The van der Waals surface area contributed by atoms with E-state index in [1.807, 2.05) is 6.07 Å². The first-order valence-corrected chi connectivity index (χ1v) is 6.73. The van der Waals surface area contributed by atoms with Gasteiger partial charge in [-0.25, -0.2) is 8.42 Å². The van der Waals surface area contributed by atoms with Gasteiger partial charge in [-0.3, -0.25) is 0 Å². The smallest absolute Gasteiger partial charge is 0.158 e. The Morgan fingerprint density at radius 1 is 1.38 bits per heavy atom. The van der Waals surface area contributed by atoms with Crippen LogP contribution in [0.3, 0.4) is 0 Å². The summed E-state index contributed by atoms with van der Waals surface area (Å²) in [6.07, 6.45) is 0. The topological polar surface area (TPSA) is 66.7 Å². The van der Waals surface area contributed by atoms with Gasteiger partial charge in [0, 0.05) is 11.3 Å². The summed E-state index contributed by atoms with van der Waals surface area (Å²) in [5.41, 5.74) is 0.803. The summed E-state index contributed by atoms with van der Waals surface area (Å²) < 4.78 is 23.4. The van der Waals surface area contributed by atoms with Gasteiger partial charge in [-0.05, 0) is 6.92 Å². The second kappa shape index (κ2) is 5.12. The van der Waals surface area contributed by atoms with E-state index >= 15 is 0 Å². The maximum Gasteiger partial charge on any atom is 0.158 e. The first kappa shape index (κ1) is 12.7. The highest BCUT2D eigenvalue weighted by Gasteiger charge is 2.25. The molecule has 1 rings (SSSR count). The minimum Gasteiger partial charge on any atom is -0.411 e. The van der Waals surface area contributed by atoms with Gasteiger partial charge in [0.15, 0.2) is 9.84 Å². The van der Waals surface area contributed by atoms with Crippen LogP contribution >= 0.6 is 0 Å². The van der Waals surface area contributed by atoms with Gasteiger partial charge >= 0.3 is 0 Å². The molecule has 0 aliphatic rings. The molecule has 0 radical (unpaired) electrons. The monoisotopic (exact) mass is 241 g/mol. The van der Waals surface area contributed by atoms with E-state index in [0.29, 0.717) is 5.56 Å². The fraction of sp³-hybridized carbons (Fsp3) is 0.364. The molecule has 0 aromatic heterocycles. The summed E-state index contributed by atoms with van der Waals surface area (Å²) in [4.78, 5) is 0. The van der Waals surface area contributed by atoms with Gasteiger partial charge in [-0.1, -0.05) is 42.4 Å². The summed E-state index contributed by atoms with van der Waals surface area (Å²) in [5.74, 6) is 0.0278. The molecule has 0 saturated carbocycles. The fourth-order valence-electron chi connectivity index (χ4n) is 1.40. The molecule has 0 amide bonds. The van der Waals surface area contributed by atoms with Crippen molar-refractivity contribution in [3.8, 4) is 0 Å². The van der Waals surface area contributed by atoms with Gasteiger partial charge < -0.3 is 5.21 Å². The molecule has 0 fully saturated rings. The molecule has 0 aliphatic carbocycles. The van der Waals surface area contributed by atoms with Crippen molar-refractivity contribution < 1.29 is 13.6 Å². The molecule has 0 heterocycles. The zero-order chi connectivity index (χ0) is 12.2. The molecule has 0 saturated heterocycles. The molecule has 16 heavy (non-hydrogen) atoms. The fourth-order valence-corrected chi connectivity index (χ4v) is 2.43. The number of nitrogens with zero attached hydrogens (tertiary/aromatic N) is 1. The largest absolute Gasteiger partial charge is 0.411 e. The lowest BCUT2D eigenvalue weighted by Crippen LogP contribution is -2.29. The molecular weight excluding hydrogens is 226 g/mol. The van der Waals surface area contributed by atoms with Crippen molar-refractivity contribution in [1.29, 1.82) is 0 Å². The highest BCUT2D eigenvalue weighted by Crippen LogP contribution is 2.11. The second-order valence-electron chi connectivity index (χ2n) is 3.45. The molecule has 0 aliphatic heterocycles. The molecule has 1 unspecified atom stereocenters. The maximum absolute atomic E-state index is 11.7. The SMILES string of the molecule is CCS(=O)(=O)C(C)C(=NO)c1ccccc1. The van der Waals surface area contributed by atoms with E-state index < -0.39 is 15.1 Å². The van der Waals surface area contributed by atoms with Crippen molar-refractivity contribution in [1.82, 2.24) is 0 Å². The number of sulfone groups is 1. The Hall–Kier alpha value is -1.36. The summed E-state index contributed by atoms with van der Waals surface area (Å²) in [7, 11) is -3.25. The van der Waals surface area contributed by atoms with Crippen LogP contribution in [0.2, 0.25) is 0 Å². The van der Waals surface area contributed by atoms with Crippen LogP contribution in [-0.4, -0.2) is 30.3 Å². The van der Waals surface area contributed by atoms with Crippen LogP contribution in [0.25, 0.3) is 0 Å². The predicted molar refractivity (Wildman–Crippen MR) is 63.7 cm³/mol. The van der Waals surface area contributed by atoms with Crippen LogP contribution in [0.15, 0.2) is 35.5 Å². The first-order chi connectivity index (χ1) is 7.53. The highest BCUT2D eigenvalue weighted by molar-refractivity contribution is 7.92. The number of rotatable bonds is 4. The Morgan fingerprint density at radius 2 is 1.94 bits per heavy atom. The number of oxime groups is 1. The first-order valence-electron chi connectivity index (χ1n) is 5.02. The van der Waals surface area contributed by atoms with Crippen LogP contribution < -0.4 is 0 Å². The molecule has 0 bridgehead atoms. The van der Waals surface area contributed by atoms with Gasteiger partial charge in [0.05, 0.1) is 0 Å². The van der Waals surface area contributed by atoms with Crippen molar-refractivity contribution in [2.75, 3.05) is 5.75 Å². The summed E-state index contributed by atoms with van der Waals surface area (Å²) >= 11 is 0. The molecule has 0 spiro atoms. The van der Waals surface area contributed by atoms with E-state index in [4.69, 9.17) is 5.21 Å². The number of benzene rings is 1. The van der Waals surface area contributed by atoms with Crippen LogP contribution in [0.4, 0.5) is 0 Å². The van der Waals surface area contributed by atoms with Crippen LogP contribution in [0, 0.1) is 0 Å². The summed E-state index contributed by atoms with van der Waals surface area (Å²) in [5, 5.41) is 11.2. The van der Waals surface area contributed by atoms with Crippen molar-refractivity contribution in [3.05, 3.63) is 35.9 Å². The predicted octanol–water partition coefficient (Wildman–Crippen LogP) is 1.69. The lowest BCUT2D eigenvalue weighted by molar-refractivity contribution is 0.318. The third-order valence-electron chi connectivity index (χ3n) is 2.50. The molecular formula is C11H15NO3S. The summed E-state index contributed by atoms with van der Waals surface area (Å²) in [6.45, 7) is 3.10. The third-order valence-corrected chi connectivity index (χ3v) is 4.61. The second-order valence-corrected chi connectivity index (χ2v) is 6.06. The van der Waals surface area contributed by atoms with Crippen LogP contribution in [-0.2, 0) is 9.84 Å². The summed E-state index contributed by atoms with van der Waals surface area (Å²) in [6, 6.07) is 8.79. The van der Waals surface area contributed by atoms with Crippen LogP contribution in [0.1, 0.15) is 19.4 Å². The molecule has 1 atom stereocenters. The van der Waals surface area contributed by atoms with Crippen LogP contribution in [0.5, 0.6) is 0 Å². The van der Waals surface area contributed by atoms with E-state index in [-0.39, 0.29) is 11.5 Å². The quantitative estimate of drug-likeness (QED) is 0.495. The minimum absolute atomic E-state index is 0.0278. The highest BCUT2D eigenvalue weighted by atomic mass is 32.2. The molecule has 5 heteroatoms. The van der Waals surface area contributed by atoms with Gasteiger partial charge in [0.1, 0.15) is 11.0 Å². The lowest BCUT2D eigenvalue weighted by atomic mass is 10.1. The van der Waals surface area contributed by atoms with Crippen molar-refractivity contribution in [3.63, 3.8) is 0 Å². The number of hydrogen-bond donors (Lipinski definition) is 1. The third kappa shape index (κ3) is 2.61. The van der Waals surface area contributed by atoms with E-state index in [2.05, 4.69) is 5.16 Å². The molecule has 1 aromatic carbocycles. The normalized spacial score (nSPS) is 14.8. The molecule has 1 aromatic rings. The van der Waals surface area contributed by atoms with Crippen molar-refractivity contribution >= 4 is 15.5 Å². The lowest BCUT2D eigenvalue weighted by Gasteiger charge is -2.13. The van der Waals surface area contributed by atoms with Gasteiger partial charge in [0.25, 0.3) is 0 Å². The van der Waals surface area contributed by atoms with Gasteiger partial charge in [-0.15, -0.1) is 0 Å². The zero-order valence-corrected chi connectivity index (χ0v) is 10.1. The Kier molecular flexibility index (Phi) is 4.06. The number of hydrogen-bond acceptors (Lipinski definition) is 4. The average Bonchev–Trinajstić information content (AvgIpc) is 2.31. The maximum atomic E-state index is 11.7. The Balaban J connectivity index is 3.12. The molecule has 4 nitrogen and oxygen atoms in total. The van der Waals surface area contributed by atoms with Crippen molar-refractivity contribution in [2.45, 2.75) is 19.1 Å². The Labute approximate surface area is 95.5 Å². The van der Waals surface area contributed by atoms with Crippen molar-refractivity contribution in [2.24, 2.45) is 5.16 Å². The van der Waals surface area contributed by atoms with E-state index in [0.717, 1.165) is 0 Å². The van der Waals surface area contributed by atoms with Gasteiger partial charge in [-0.2, -0.15) is 0 Å². The van der Waals surface area contributed by atoms with Gasteiger partial charge in [0.2, 0.25) is 0 Å². The van der Waals surface area contributed by atoms with E-state index in [1.54, 1.807) is 31.2 Å². The average molecular weight is 241 g/mol. The molecule has 1 N–H and O–H groups in total. The van der Waals surface area contributed by atoms with E-state index in [1.165, 1.54) is 6.92 Å². The Bertz CT molecular complexity index is 465. The minimum atomic E-state index is -3.25. The molecule has 88 valence electrons.